The van der Waals surface area contributed by atoms with Crippen molar-refractivity contribution in [1.82, 2.24) is 0 Å². The van der Waals surface area contributed by atoms with E-state index < -0.39 is 0 Å². The summed E-state index contributed by atoms with van der Waals surface area (Å²) in [6, 6.07) is 16.9. The molecule has 0 heterocycles. The molecule has 0 aliphatic heterocycles. The lowest BCUT2D eigenvalue weighted by atomic mass is 9.91. The van der Waals surface area contributed by atoms with E-state index in [2.05, 4.69) is 0 Å². The minimum Gasteiger partial charge on any atom is -0.496 e. The number of hydrogen-bond donors (Lipinski definition) is 0. The number of para-hydroxylation sites is 1. The van der Waals surface area contributed by atoms with Gasteiger partial charge in [-0.15, -0.1) is 0 Å². The molecule has 0 aromatic heterocycles. The van der Waals surface area contributed by atoms with Crippen molar-refractivity contribution in [2.24, 2.45) is 0 Å². The van der Waals surface area contributed by atoms with Crippen LogP contribution in [0.25, 0.3) is 0 Å². The molecule has 19 heavy (non-hydrogen) atoms. The zero-order valence-electron chi connectivity index (χ0n) is 10.7. The third kappa shape index (κ3) is 3.10. The number of nitro groups is 1. The molecule has 0 N–H and O–H groups in total. The maximum absolute atomic E-state index is 10.9. The van der Waals surface area contributed by atoms with Crippen molar-refractivity contribution < 1.29 is 9.66 Å². The molecule has 0 fully saturated rings. The van der Waals surface area contributed by atoms with Crippen LogP contribution in [-0.2, 0) is 0 Å². The molecule has 0 amide bonds. The molecule has 0 radical (unpaired) electrons. The van der Waals surface area contributed by atoms with Crippen molar-refractivity contribution >= 4 is 0 Å². The van der Waals surface area contributed by atoms with Gasteiger partial charge in [0.2, 0.25) is 6.54 Å². The van der Waals surface area contributed by atoms with Gasteiger partial charge in [0.15, 0.2) is 0 Å². The molecule has 0 saturated carbocycles. The average molecular weight is 257 g/mol. The molecule has 0 saturated heterocycles. The van der Waals surface area contributed by atoms with E-state index in [-0.39, 0.29) is 17.4 Å². The number of benzene rings is 2. The Bertz CT molecular complexity index is 554. The van der Waals surface area contributed by atoms with E-state index in [0.29, 0.717) is 5.75 Å². The predicted octanol–water partition coefficient (Wildman–Crippen LogP) is 3.10. The van der Waals surface area contributed by atoms with E-state index in [9.17, 15) is 10.1 Å². The van der Waals surface area contributed by atoms with Gasteiger partial charge in [0.25, 0.3) is 0 Å². The molecule has 0 aliphatic rings. The molecule has 0 bridgehead atoms. The topological polar surface area (TPSA) is 52.4 Å². The fourth-order valence-corrected chi connectivity index (χ4v) is 2.17. The average Bonchev–Trinajstić information content (AvgIpc) is 2.45. The summed E-state index contributed by atoms with van der Waals surface area (Å²) in [6.45, 7) is -0.148. The number of nitrogens with zero attached hydrogens (tertiary/aromatic N) is 1. The summed E-state index contributed by atoms with van der Waals surface area (Å²) < 4.78 is 5.31. The van der Waals surface area contributed by atoms with Gasteiger partial charge in [0.05, 0.1) is 13.0 Å². The van der Waals surface area contributed by atoms with Crippen molar-refractivity contribution in [3.63, 3.8) is 0 Å². The smallest absolute Gasteiger partial charge is 0.214 e. The fraction of sp³-hybridized carbons (Fsp3) is 0.200. The standard InChI is InChI=1S/C15H15NO3/c1-19-15-10-6-5-9-13(15)14(11-16(17)18)12-7-3-2-4-8-12/h2-10,14H,11H2,1H3. The van der Waals surface area contributed by atoms with Crippen LogP contribution in [0.15, 0.2) is 54.6 Å². The summed E-state index contributed by atoms with van der Waals surface area (Å²) in [5.74, 6) is 0.380. The molecule has 1 unspecified atom stereocenters. The van der Waals surface area contributed by atoms with E-state index in [1.54, 1.807) is 7.11 Å². The highest BCUT2D eigenvalue weighted by Gasteiger charge is 2.22. The zero-order chi connectivity index (χ0) is 13.7. The molecular weight excluding hydrogens is 242 g/mol. The van der Waals surface area contributed by atoms with Gasteiger partial charge in [-0.05, 0) is 11.6 Å². The predicted molar refractivity (Wildman–Crippen MR) is 73.1 cm³/mol. The van der Waals surface area contributed by atoms with Crippen molar-refractivity contribution in [1.29, 1.82) is 0 Å². The first kappa shape index (κ1) is 13.1. The first-order valence-electron chi connectivity index (χ1n) is 6.02. The minimum atomic E-state index is -0.299. The minimum absolute atomic E-state index is 0.148. The van der Waals surface area contributed by atoms with Crippen LogP contribution in [0.5, 0.6) is 5.75 Å². The van der Waals surface area contributed by atoms with Crippen LogP contribution in [0.2, 0.25) is 0 Å². The molecule has 0 aliphatic carbocycles. The molecule has 2 rings (SSSR count). The molecule has 98 valence electrons. The van der Waals surface area contributed by atoms with Crippen LogP contribution >= 0.6 is 0 Å². The van der Waals surface area contributed by atoms with E-state index in [1.165, 1.54) is 0 Å². The van der Waals surface area contributed by atoms with Gasteiger partial charge in [-0.1, -0.05) is 48.5 Å². The number of hydrogen-bond acceptors (Lipinski definition) is 3. The van der Waals surface area contributed by atoms with E-state index >= 15 is 0 Å². The Morgan fingerprint density at radius 1 is 1.11 bits per heavy atom. The van der Waals surface area contributed by atoms with Crippen LogP contribution in [0, 0.1) is 10.1 Å². The van der Waals surface area contributed by atoms with E-state index in [1.807, 2.05) is 54.6 Å². The highest BCUT2D eigenvalue weighted by Crippen LogP contribution is 2.31. The Balaban J connectivity index is 2.46. The van der Waals surface area contributed by atoms with E-state index in [0.717, 1.165) is 11.1 Å². The quantitative estimate of drug-likeness (QED) is 0.611. The Labute approximate surface area is 111 Å². The van der Waals surface area contributed by atoms with Crippen molar-refractivity contribution in [3.8, 4) is 5.75 Å². The molecule has 4 heteroatoms. The maximum Gasteiger partial charge on any atom is 0.214 e. The Kier molecular flexibility index (Phi) is 4.13. The summed E-state index contributed by atoms with van der Waals surface area (Å²) in [5, 5.41) is 10.9. The van der Waals surface area contributed by atoms with Gasteiger partial charge in [-0.2, -0.15) is 0 Å². The number of ether oxygens (including phenoxy) is 1. The van der Waals surface area contributed by atoms with Gasteiger partial charge in [0, 0.05) is 10.5 Å². The Morgan fingerprint density at radius 3 is 2.37 bits per heavy atom. The molecular formula is C15H15NO3. The van der Waals surface area contributed by atoms with Crippen LogP contribution < -0.4 is 4.74 Å². The van der Waals surface area contributed by atoms with Crippen LogP contribution in [0.4, 0.5) is 0 Å². The summed E-state index contributed by atoms with van der Waals surface area (Å²) in [4.78, 5) is 10.6. The second-order valence-corrected chi connectivity index (χ2v) is 4.22. The van der Waals surface area contributed by atoms with Gasteiger partial charge in [-0.3, -0.25) is 10.1 Å². The van der Waals surface area contributed by atoms with Gasteiger partial charge in [0.1, 0.15) is 5.75 Å². The lowest BCUT2D eigenvalue weighted by Crippen LogP contribution is -2.14. The highest BCUT2D eigenvalue weighted by molar-refractivity contribution is 5.42. The summed E-state index contributed by atoms with van der Waals surface area (Å²) in [6.07, 6.45) is 0. The normalized spacial score (nSPS) is 11.8. The van der Waals surface area contributed by atoms with Crippen molar-refractivity contribution in [2.75, 3.05) is 13.7 Å². The third-order valence-electron chi connectivity index (χ3n) is 3.05. The second-order valence-electron chi connectivity index (χ2n) is 4.22. The molecule has 2 aromatic carbocycles. The second kappa shape index (κ2) is 6.00. The summed E-state index contributed by atoms with van der Waals surface area (Å²) >= 11 is 0. The summed E-state index contributed by atoms with van der Waals surface area (Å²) in [5.41, 5.74) is 1.76. The van der Waals surface area contributed by atoms with Gasteiger partial charge >= 0.3 is 0 Å². The van der Waals surface area contributed by atoms with Gasteiger partial charge in [-0.25, -0.2) is 0 Å². The van der Waals surface area contributed by atoms with Crippen molar-refractivity contribution in [3.05, 3.63) is 75.8 Å². The third-order valence-corrected chi connectivity index (χ3v) is 3.05. The lowest BCUT2D eigenvalue weighted by molar-refractivity contribution is -0.481. The largest absolute Gasteiger partial charge is 0.496 e. The molecule has 1 atom stereocenters. The van der Waals surface area contributed by atoms with Crippen LogP contribution in [-0.4, -0.2) is 18.6 Å². The molecule has 2 aromatic rings. The first-order valence-corrected chi connectivity index (χ1v) is 6.02. The Hall–Kier alpha value is -2.36. The highest BCUT2D eigenvalue weighted by atomic mass is 16.6. The monoisotopic (exact) mass is 257 g/mol. The SMILES string of the molecule is COc1ccccc1C(C[N+](=O)[O-])c1ccccc1. The van der Waals surface area contributed by atoms with Crippen LogP contribution in [0.1, 0.15) is 17.0 Å². The lowest BCUT2D eigenvalue weighted by Gasteiger charge is -2.16. The molecule has 4 nitrogen and oxygen atoms in total. The summed E-state index contributed by atoms with van der Waals surface area (Å²) in [7, 11) is 1.58. The van der Waals surface area contributed by atoms with Crippen molar-refractivity contribution in [2.45, 2.75) is 5.92 Å². The first-order chi connectivity index (χ1) is 9.22. The van der Waals surface area contributed by atoms with Crippen LogP contribution in [0.3, 0.4) is 0 Å². The molecule has 0 spiro atoms. The van der Waals surface area contributed by atoms with E-state index in [4.69, 9.17) is 4.74 Å². The zero-order valence-corrected chi connectivity index (χ0v) is 10.7. The fourth-order valence-electron chi connectivity index (χ4n) is 2.17. The Morgan fingerprint density at radius 2 is 1.74 bits per heavy atom. The number of methoxy groups -OCH3 is 1. The maximum atomic E-state index is 10.9. The van der Waals surface area contributed by atoms with Gasteiger partial charge < -0.3 is 4.74 Å². The number of rotatable bonds is 5.